The average Bonchev–Trinajstić information content (AvgIpc) is 2.51. The molecule has 2 rings (SSSR count). The monoisotopic (exact) mass is 210 g/mol. The molecule has 0 spiro atoms. The van der Waals surface area contributed by atoms with Gasteiger partial charge in [-0.1, -0.05) is 17.7 Å². The van der Waals surface area contributed by atoms with E-state index in [-0.39, 0.29) is 11.6 Å². The van der Waals surface area contributed by atoms with Crippen LogP contribution in [0.5, 0.6) is 11.6 Å². The van der Waals surface area contributed by atoms with E-state index < -0.39 is 0 Å². The van der Waals surface area contributed by atoms with Crippen LogP contribution in [-0.4, -0.2) is 20.2 Å². The Kier molecular flexibility index (Phi) is 2.05. The number of H-pyrrole nitrogens is 1. The Morgan fingerprint density at radius 1 is 1.29 bits per heavy atom. The maximum absolute atomic E-state index is 9.53. The molecule has 1 aromatic heterocycles. The molecular weight excluding hydrogens is 204 g/mol. The first kappa shape index (κ1) is 8.90. The van der Waals surface area contributed by atoms with E-state index in [0.717, 1.165) is 0 Å². The molecule has 0 aliphatic heterocycles. The normalized spacial score (nSPS) is 10.4. The van der Waals surface area contributed by atoms with Crippen molar-refractivity contribution in [3.8, 4) is 23.0 Å². The van der Waals surface area contributed by atoms with Crippen LogP contribution < -0.4 is 0 Å². The lowest BCUT2D eigenvalue weighted by atomic mass is 10.2. The van der Waals surface area contributed by atoms with Crippen molar-refractivity contribution in [1.82, 2.24) is 9.97 Å². The lowest BCUT2D eigenvalue weighted by Gasteiger charge is -2.02. The predicted octanol–water partition coefficient (Wildman–Crippen LogP) is 2.14. The fraction of sp³-hybridized carbons (Fsp3) is 0. The first-order valence-electron chi connectivity index (χ1n) is 3.90. The molecule has 0 bridgehead atoms. The third-order valence-electron chi connectivity index (χ3n) is 1.79. The van der Waals surface area contributed by atoms with Gasteiger partial charge in [0.15, 0.2) is 0 Å². The zero-order valence-electron chi connectivity index (χ0n) is 7.03. The Hall–Kier alpha value is -1.68. The van der Waals surface area contributed by atoms with Gasteiger partial charge in [0.05, 0.1) is 16.8 Å². The molecule has 0 aliphatic carbocycles. The zero-order valence-corrected chi connectivity index (χ0v) is 7.78. The fourth-order valence-electron chi connectivity index (χ4n) is 1.19. The number of benzene rings is 1. The standard InChI is InChI=1S/C9H7ClN2O2/c10-5-2-1-3-6(13)8(5)9-11-4-7(14)12-9/h1-4,13-14H,(H,11,12). The molecule has 0 atom stereocenters. The number of halogens is 1. The Balaban J connectivity index is 2.61. The summed E-state index contributed by atoms with van der Waals surface area (Å²) in [5.41, 5.74) is 0.384. The van der Waals surface area contributed by atoms with Gasteiger partial charge in [0.2, 0.25) is 5.88 Å². The summed E-state index contributed by atoms with van der Waals surface area (Å²) in [6.45, 7) is 0. The molecule has 0 saturated carbocycles. The van der Waals surface area contributed by atoms with Crippen LogP contribution in [-0.2, 0) is 0 Å². The van der Waals surface area contributed by atoms with E-state index >= 15 is 0 Å². The number of nitrogens with one attached hydrogen (secondary N) is 1. The largest absolute Gasteiger partial charge is 0.507 e. The van der Waals surface area contributed by atoms with Gasteiger partial charge in [-0.3, -0.25) is 0 Å². The van der Waals surface area contributed by atoms with Gasteiger partial charge in [-0.2, -0.15) is 0 Å². The third-order valence-corrected chi connectivity index (χ3v) is 2.11. The Labute approximate surface area is 84.8 Å². The first-order chi connectivity index (χ1) is 6.68. The topological polar surface area (TPSA) is 69.1 Å². The van der Waals surface area contributed by atoms with Crippen molar-refractivity contribution in [1.29, 1.82) is 0 Å². The van der Waals surface area contributed by atoms with Gasteiger partial charge in [0, 0.05) is 0 Å². The fourth-order valence-corrected chi connectivity index (χ4v) is 1.44. The molecule has 0 fully saturated rings. The van der Waals surface area contributed by atoms with Crippen LogP contribution in [0.15, 0.2) is 24.4 Å². The lowest BCUT2D eigenvalue weighted by molar-refractivity contribution is 0.456. The molecule has 2 aromatic rings. The Bertz CT molecular complexity index is 447. The number of nitrogens with zero attached hydrogens (tertiary/aromatic N) is 1. The van der Waals surface area contributed by atoms with E-state index in [1.165, 1.54) is 12.3 Å². The highest BCUT2D eigenvalue weighted by Gasteiger charge is 2.11. The van der Waals surface area contributed by atoms with Crippen LogP contribution in [0.2, 0.25) is 5.02 Å². The molecular formula is C9H7ClN2O2. The van der Waals surface area contributed by atoms with Gasteiger partial charge in [-0.25, -0.2) is 4.98 Å². The minimum absolute atomic E-state index is 0.0202. The van der Waals surface area contributed by atoms with Crippen LogP contribution in [0.3, 0.4) is 0 Å². The maximum Gasteiger partial charge on any atom is 0.208 e. The molecule has 3 N–H and O–H groups in total. The van der Waals surface area contributed by atoms with Crippen LogP contribution in [0.25, 0.3) is 11.4 Å². The molecule has 14 heavy (non-hydrogen) atoms. The highest BCUT2D eigenvalue weighted by atomic mass is 35.5. The molecule has 0 amide bonds. The predicted molar refractivity (Wildman–Crippen MR) is 52.4 cm³/mol. The summed E-state index contributed by atoms with van der Waals surface area (Å²) < 4.78 is 0. The summed E-state index contributed by atoms with van der Waals surface area (Å²) >= 11 is 5.87. The van der Waals surface area contributed by atoms with Crippen molar-refractivity contribution in [3.05, 3.63) is 29.4 Å². The average molecular weight is 211 g/mol. The maximum atomic E-state index is 9.53. The Morgan fingerprint density at radius 2 is 2.07 bits per heavy atom. The van der Waals surface area contributed by atoms with Gasteiger partial charge < -0.3 is 15.2 Å². The number of phenolic OH excluding ortho intramolecular Hbond substituents is 1. The van der Waals surface area contributed by atoms with E-state index in [1.54, 1.807) is 12.1 Å². The third kappa shape index (κ3) is 1.40. The van der Waals surface area contributed by atoms with E-state index in [1.807, 2.05) is 0 Å². The van der Waals surface area contributed by atoms with Crippen molar-refractivity contribution in [2.24, 2.45) is 0 Å². The van der Waals surface area contributed by atoms with Crippen LogP contribution in [0, 0.1) is 0 Å². The first-order valence-corrected chi connectivity index (χ1v) is 4.28. The summed E-state index contributed by atoms with van der Waals surface area (Å²) in [5.74, 6) is 0.289. The molecule has 0 radical (unpaired) electrons. The van der Waals surface area contributed by atoms with Crippen LogP contribution >= 0.6 is 11.6 Å². The van der Waals surface area contributed by atoms with Gasteiger partial charge >= 0.3 is 0 Å². The number of imidazole rings is 1. The summed E-state index contributed by atoms with van der Waals surface area (Å²) in [4.78, 5) is 6.43. The number of aromatic amines is 1. The van der Waals surface area contributed by atoms with Crippen LogP contribution in [0.4, 0.5) is 0 Å². The van der Waals surface area contributed by atoms with Crippen molar-refractivity contribution in [3.63, 3.8) is 0 Å². The van der Waals surface area contributed by atoms with Gasteiger partial charge in [0.1, 0.15) is 11.6 Å². The van der Waals surface area contributed by atoms with Crippen molar-refractivity contribution in [2.45, 2.75) is 0 Å². The number of aromatic nitrogens is 2. The number of aromatic hydroxyl groups is 2. The van der Waals surface area contributed by atoms with Gasteiger partial charge in [-0.05, 0) is 12.1 Å². The highest BCUT2D eigenvalue weighted by Crippen LogP contribution is 2.34. The number of rotatable bonds is 1. The van der Waals surface area contributed by atoms with Crippen molar-refractivity contribution >= 4 is 11.6 Å². The zero-order chi connectivity index (χ0) is 10.1. The van der Waals surface area contributed by atoms with E-state index in [2.05, 4.69) is 9.97 Å². The Morgan fingerprint density at radius 3 is 2.64 bits per heavy atom. The summed E-state index contributed by atoms with van der Waals surface area (Å²) in [6, 6.07) is 4.76. The smallest absolute Gasteiger partial charge is 0.208 e. The minimum atomic E-state index is -0.0701. The molecule has 72 valence electrons. The molecule has 0 aliphatic rings. The van der Waals surface area contributed by atoms with E-state index in [9.17, 15) is 5.11 Å². The second kappa shape index (κ2) is 3.23. The van der Waals surface area contributed by atoms with Crippen LogP contribution in [0.1, 0.15) is 0 Å². The second-order valence-electron chi connectivity index (χ2n) is 2.75. The van der Waals surface area contributed by atoms with E-state index in [0.29, 0.717) is 16.4 Å². The van der Waals surface area contributed by atoms with Gasteiger partial charge in [0.25, 0.3) is 0 Å². The van der Waals surface area contributed by atoms with Crippen molar-refractivity contribution in [2.75, 3.05) is 0 Å². The number of hydrogen-bond donors (Lipinski definition) is 3. The second-order valence-corrected chi connectivity index (χ2v) is 3.16. The molecule has 1 aromatic carbocycles. The summed E-state index contributed by atoms with van der Waals surface area (Å²) in [7, 11) is 0. The highest BCUT2D eigenvalue weighted by molar-refractivity contribution is 6.33. The minimum Gasteiger partial charge on any atom is -0.507 e. The van der Waals surface area contributed by atoms with Crippen molar-refractivity contribution < 1.29 is 10.2 Å². The molecule has 1 heterocycles. The van der Waals surface area contributed by atoms with Gasteiger partial charge in [-0.15, -0.1) is 0 Å². The molecule has 4 nitrogen and oxygen atoms in total. The number of phenols is 1. The number of hydrogen-bond acceptors (Lipinski definition) is 3. The SMILES string of the molecule is Oc1cnc(-c2c(O)cccc2Cl)[nH]1. The molecule has 5 heteroatoms. The van der Waals surface area contributed by atoms with E-state index in [4.69, 9.17) is 16.7 Å². The summed E-state index contributed by atoms with van der Waals surface area (Å²) in [5, 5.41) is 19.0. The molecule has 0 saturated heterocycles. The molecule has 0 unspecified atom stereocenters. The quantitative estimate of drug-likeness (QED) is 0.676. The summed E-state index contributed by atoms with van der Waals surface area (Å²) in [6.07, 6.45) is 1.25. The lowest BCUT2D eigenvalue weighted by Crippen LogP contribution is -1.82.